The van der Waals surface area contributed by atoms with Crippen LogP contribution in [0, 0.1) is 13.8 Å². The number of benzene rings is 1. The minimum atomic E-state index is -0.493. The van der Waals surface area contributed by atoms with Crippen molar-refractivity contribution in [2.75, 3.05) is 20.3 Å². The van der Waals surface area contributed by atoms with Gasteiger partial charge in [-0.05, 0) is 56.4 Å². The van der Waals surface area contributed by atoms with E-state index in [1.807, 2.05) is 26.0 Å². The van der Waals surface area contributed by atoms with Gasteiger partial charge in [0.1, 0.15) is 18.5 Å². The van der Waals surface area contributed by atoms with Gasteiger partial charge in [0.15, 0.2) is 0 Å². The van der Waals surface area contributed by atoms with Crippen molar-refractivity contribution in [2.45, 2.75) is 51.4 Å². The highest BCUT2D eigenvalue weighted by atomic mass is 16.5. The fraction of sp³-hybridized carbons (Fsp3) is 0.647. The Balaban J connectivity index is 1.69. The molecule has 3 unspecified atom stereocenters. The number of aliphatic hydroxyl groups is 1. The predicted molar refractivity (Wildman–Crippen MR) is 83.9 cm³/mol. The molecule has 1 aromatic rings. The van der Waals surface area contributed by atoms with Gasteiger partial charge in [0.05, 0.1) is 6.10 Å². The second-order valence-corrected chi connectivity index (χ2v) is 6.06. The fourth-order valence-electron chi connectivity index (χ4n) is 2.91. The summed E-state index contributed by atoms with van der Waals surface area (Å²) in [6.07, 6.45) is 3.12. The van der Waals surface area contributed by atoms with E-state index >= 15 is 0 Å². The van der Waals surface area contributed by atoms with Crippen LogP contribution < -0.4 is 10.1 Å². The van der Waals surface area contributed by atoms with Crippen LogP contribution in [0.15, 0.2) is 18.2 Å². The second-order valence-electron chi connectivity index (χ2n) is 6.06. The van der Waals surface area contributed by atoms with Gasteiger partial charge in [-0.2, -0.15) is 0 Å². The van der Waals surface area contributed by atoms with Crippen LogP contribution in [-0.4, -0.2) is 43.6 Å². The molecule has 1 fully saturated rings. The molecule has 0 spiro atoms. The second kappa shape index (κ2) is 7.78. The largest absolute Gasteiger partial charge is 0.491 e. The molecule has 2 rings (SSSR count). The highest BCUT2D eigenvalue weighted by Gasteiger charge is 2.24. The number of aryl methyl sites for hydroxylation is 2. The molecule has 2 N–H and O–H groups in total. The molecular formula is C17H27NO3. The third kappa shape index (κ3) is 5.30. The standard InChI is InChI=1S/C17H27NO3/c1-12-6-13(2)8-17(7-12)21-11-15(19)10-18-14-4-5-16(9-14)20-3/h6-8,14-16,18-19H,4-5,9-11H2,1-3H3. The lowest BCUT2D eigenvalue weighted by Crippen LogP contribution is -2.37. The third-order valence-electron chi connectivity index (χ3n) is 4.00. The Hall–Kier alpha value is -1.10. The molecule has 118 valence electrons. The van der Waals surface area contributed by atoms with Gasteiger partial charge >= 0.3 is 0 Å². The molecule has 1 aliphatic carbocycles. The summed E-state index contributed by atoms with van der Waals surface area (Å²) in [5, 5.41) is 13.4. The first-order chi connectivity index (χ1) is 10.1. The lowest BCUT2D eigenvalue weighted by atomic mass is 10.1. The number of ether oxygens (including phenoxy) is 2. The highest BCUT2D eigenvalue weighted by molar-refractivity contribution is 5.32. The summed E-state index contributed by atoms with van der Waals surface area (Å²) >= 11 is 0. The van der Waals surface area contributed by atoms with Crippen molar-refractivity contribution in [1.82, 2.24) is 5.32 Å². The van der Waals surface area contributed by atoms with Gasteiger partial charge in [-0.1, -0.05) is 6.07 Å². The molecule has 0 radical (unpaired) electrons. The van der Waals surface area contributed by atoms with Crippen LogP contribution in [0.5, 0.6) is 5.75 Å². The topological polar surface area (TPSA) is 50.7 Å². The van der Waals surface area contributed by atoms with E-state index in [0.29, 0.717) is 25.3 Å². The zero-order valence-corrected chi connectivity index (χ0v) is 13.3. The monoisotopic (exact) mass is 293 g/mol. The SMILES string of the molecule is COC1CCC(NCC(O)COc2cc(C)cc(C)c2)C1. The van der Waals surface area contributed by atoms with Crippen molar-refractivity contribution < 1.29 is 14.6 Å². The molecule has 1 saturated carbocycles. The third-order valence-corrected chi connectivity index (χ3v) is 4.00. The molecule has 0 bridgehead atoms. The lowest BCUT2D eigenvalue weighted by Gasteiger charge is -2.17. The van der Waals surface area contributed by atoms with Gasteiger partial charge in [-0.15, -0.1) is 0 Å². The van der Waals surface area contributed by atoms with Crippen molar-refractivity contribution in [1.29, 1.82) is 0 Å². The number of methoxy groups -OCH3 is 1. The quantitative estimate of drug-likeness (QED) is 0.809. The number of hydrogen-bond acceptors (Lipinski definition) is 4. The zero-order chi connectivity index (χ0) is 15.2. The summed E-state index contributed by atoms with van der Waals surface area (Å²) < 4.78 is 11.0. The average molecular weight is 293 g/mol. The Morgan fingerprint density at radius 3 is 2.57 bits per heavy atom. The van der Waals surface area contributed by atoms with Crippen LogP contribution in [0.2, 0.25) is 0 Å². The summed E-state index contributed by atoms with van der Waals surface area (Å²) in [6, 6.07) is 6.54. The van der Waals surface area contributed by atoms with Crippen LogP contribution in [-0.2, 0) is 4.74 Å². The number of aliphatic hydroxyl groups excluding tert-OH is 1. The molecule has 1 aromatic carbocycles. The van der Waals surface area contributed by atoms with Gasteiger partial charge < -0.3 is 19.9 Å². The molecule has 0 aliphatic heterocycles. The van der Waals surface area contributed by atoms with Crippen molar-refractivity contribution in [3.63, 3.8) is 0 Å². The van der Waals surface area contributed by atoms with E-state index in [1.165, 1.54) is 11.1 Å². The smallest absolute Gasteiger partial charge is 0.119 e. The van der Waals surface area contributed by atoms with Gasteiger partial charge in [-0.25, -0.2) is 0 Å². The molecule has 0 amide bonds. The molecule has 4 nitrogen and oxygen atoms in total. The Morgan fingerprint density at radius 1 is 1.24 bits per heavy atom. The number of nitrogens with one attached hydrogen (secondary N) is 1. The average Bonchev–Trinajstić information content (AvgIpc) is 2.90. The van der Waals surface area contributed by atoms with E-state index < -0.39 is 6.10 Å². The van der Waals surface area contributed by atoms with Crippen molar-refractivity contribution in [3.8, 4) is 5.75 Å². The molecule has 0 saturated heterocycles. The maximum absolute atomic E-state index is 10.0. The summed E-state index contributed by atoms with van der Waals surface area (Å²) in [5.74, 6) is 0.826. The molecule has 4 heteroatoms. The van der Waals surface area contributed by atoms with Crippen LogP contribution in [0.1, 0.15) is 30.4 Å². The van der Waals surface area contributed by atoms with E-state index in [2.05, 4.69) is 11.4 Å². The summed E-state index contributed by atoms with van der Waals surface area (Å²) in [6.45, 7) is 4.97. The Kier molecular flexibility index (Phi) is 6.03. The van der Waals surface area contributed by atoms with Crippen molar-refractivity contribution in [2.24, 2.45) is 0 Å². The predicted octanol–water partition coefficient (Wildman–Crippen LogP) is 2.20. The maximum atomic E-state index is 10.0. The van der Waals surface area contributed by atoms with E-state index in [0.717, 1.165) is 25.0 Å². The van der Waals surface area contributed by atoms with Crippen LogP contribution in [0.4, 0.5) is 0 Å². The Morgan fingerprint density at radius 2 is 1.95 bits per heavy atom. The molecular weight excluding hydrogens is 266 g/mol. The highest BCUT2D eigenvalue weighted by Crippen LogP contribution is 2.21. The van der Waals surface area contributed by atoms with E-state index in [9.17, 15) is 5.11 Å². The number of rotatable bonds is 7. The molecule has 1 aliphatic rings. The van der Waals surface area contributed by atoms with Gasteiger partial charge in [0.25, 0.3) is 0 Å². The summed E-state index contributed by atoms with van der Waals surface area (Å²) in [4.78, 5) is 0. The maximum Gasteiger partial charge on any atom is 0.119 e. The summed E-state index contributed by atoms with van der Waals surface area (Å²) in [5.41, 5.74) is 2.35. The molecule has 3 atom stereocenters. The Bertz CT molecular complexity index is 429. The van der Waals surface area contributed by atoms with E-state index in [1.54, 1.807) is 7.11 Å². The fourth-order valence-corrected chi connectivity index (χ4v) is 2.91. The first kappa shape index (κ1) is 16.3. The van der Waals surface area contributed by atoms with Crippen molar-refractivity contribution >= 4 is 0 Å². The minimum Gasteiger partial charge on any atom is -0.491 e. The van der Waals surface area contributed by atoms with Gasteiger partial charge in [-0.3, -0.25) is 0 Å². The van der Waals surface area contributed by atoms with Crippen LogP contribution >= 0.6 is 0 Å². The molecule has 0 aromatic heterocycles. The van der Waals surface area contributed by atoms with Gasteiger partial charge in [0, 0.05) is 19.7 Å². The molecule has 21 heavy (non-hydrogen) atoms. The van der Waals surface area contributed by atoms with E-state index in [-0.39, 0.29) is 0 Å². The van der Waals surface area contributed by atoms with Crippen molar-refractivity contribution in [3.05, 3.63) is 29.3 Å². The van der Waals surface area contributed by atoms with Crippen LogP contribution in [0.3, 0.4) is 0 Å². The molecule has 0 heterocycles. The Labute approximate surface area is 127 Å². The summed E-state index contributed by atoms with van der Waals surface area (Å²) in [7, 11) is 1.76. The van der Waals surface area contributed by atoms with Crippen LogP contribution in [0.25, 0.3) is 0 Å². The lowest BCUT2D eigenvalue weighted by molar-refractivity contribution is 0.0966. The normalized spacial score (nSPS) is 23.2. The van der Waals surface area contributed by atoms with E-state index in [4.69, 9.17) is 9.47 Å². The van der Waals surface area contributed by atoms with Gasteiger partial charge in [0.2, 0.25) is 0 Å². The minimum absolute atomic E-state index is 0.316. The number of hydrogen-bond donors (Lipinski definition) is 2. The first-order valence-electron chi connectivity index (χ1n) is 7.72. The zero-order valence-electron chi connectivity index (χ0n) is 13.3. The first-order valence-corrected chi connectivity index (χ1v) is 7.72.